The molecule has 0 atom stereocenters. The minimum Gasteiger partial charge on any atom is -0.492 e. The lowest BCUT2D eigenvalue weighted by Crippen LogP contribution is -2.16. The van der Waals surface area contributed by atoms with Crippen LogP contribution in [0.15, 0.2) is 24.3 Å². The summed E-state index contributed by atoms with van der Waals surface area (Å²) in [4.78, 5) is 0. The Balaban J connectivity index is 2.88. The maximum absolute atomic E-state index is 11.6. The summed E-state index contributed by atoms with van der Waals surface area (Å²) in [6, 6.07) is 7.01. The molecule has 0 radical (unpaired) electrons. The van der Waals surface area contributed by atoms with E-state index < -0.39 is 10.0 Å². The van der Waals surface area contributed by atoms with Crippen LogP contribution in [-0.4, -0.2) is 20.8 Å². The van der Waals surface area contributed by atoms with Gasteiger partial charge in [0.05, 0.1) is 18.0 Å². The molecule has 1 aromatic carbocycles. The third-order valence-corrected chi connectivity index (χ3v) is 3.40. The van der Waals surface area contributed by atoms with Crippen molar-refractivity contribution in [2.45, 2.75) is 20.3 Å². The third kappa shape index (κ3) is 3.73. The zero-order chi connectivity index (χ0) is 12.0. The van der Waals surface area contributed by atoms with E-state index in [-0.39, 0.29) is 5.75 Å². The largest absolute Gasteiger partial charge is 0.492 e. The fraction of sp³-hybridized carbons (Fsp3) is 0.455. The fourth-order valence-electron chi connectivity index (χ4n) is 1.32. The lowest BCUT2D eigenvalue weighted by molar-refractivity contribution is 0.342. The van der Waals surface area contributed by atoms with Crippen LogP contribution < -0.4 is 9.46 Å². The fourth-order valence-corrected chi connectivity index (χ4v) is 2.46. The van der Waals surface area contributed by atoms with Crippen LogP contribution in [0.2, 0.25) is 0 Å². The van der Waals surface area contributed by atoms with Crippen LogP contribution >= 0.6 is 0 Å². The first-order chi connectivity index (χ1) is 7.59. The Bertz CT molecular complexity index is 429. The first-order valence-corrected chi connectivity index (χ1v) is 6.96. The van der Waals surface area contributed by atoms with Gasteiger partial charge in [-0.3, -0.25) is 4.72 Å². The van der Waals surface area contributed by atoms with Crippen molar-refractivity contribution in [3.8, 4) is 5.75 Å². The summed E-state index contributed by atoms with van der Waals surface area (Å²) in [5.74, 6) is 0.678. The van der Waals surface area contributed by atoms with E-state index in [1.165, 1.54) is 0 Å². The van der Waals surface area contributed by atoms with E-state index in [1.807, 2.05) is 19.9 Å². The van der Waals surface area contributed by atoms with Gasteiger partial charge in [-0.25, -0.2) is 8.42 Å². The monoisotopic (exact) mass is 243 g/mol. The standard InChI is InChI=1S/C11H17NO3S/c1-3-9-16(13,14)12-10-7-5-6-8-11(10)15-4-2/h5-8,12H,3-4,9H2,1-2H3. The van der Waals surface area contributed by atoms with Gasteiger partial charge in [0.25, 0.3) is 0 Å². The van der Waals surface area contributed by atoms with E-state index in [2.05, 4.69) is 4.72 Å². The van der Waals surface area contributed by atoms with Crippen LogP contribution in [0.5, 0.6) is 5.75 Å². The molecular weight excluding hydrogens is 226 g/mol. The molecule has 90 valence electrons. The Morgan fingerprint density at radius 1 is 1.25 bits per heavy atom. The summed E-state index contributed by atoms with van der Waals surface area (Å²) in [5.41, 5.74) is 0.498. The molecule has 0 aliphatic carbocycles. The average Bonchev–Trinajstić information content (AvgIpc) is 2.20. The highest BCUT2D eigenvalue weighted by atomic mass is 32.2. The first-order valence-electron chi connectivity index (χ1n) is 5.31. The quantitative estimate of drug-likeness (QED) is 0.833. The number of ether oxygens (including phenoxy) is 1. The van der Waals surface area contributed by atoms with Gasteiger partial charge in [-0.1, -0.05) is 19.1 Å². The van der Waals surface area contributed by atoms with Crippen LogP contribution in [0.25, 0.3) is 0 Å². The van der Waals surface area contributed by atoms with Gasteiger partial charge in [-0.2, -0.15) is 0 Å². The number of benzene rings is 1. The molecule has 0 unspecified atom stereocenters. The lowest BCUT2D eigenvalue weighted by atomic mass is 10.3. The first kappa shape index (κ1) is 12.8. The van der Waals surface area contributed by atoms with E-state index in [1.54, 1.807) is 18.2 Å². The molecule has 0 saturated carbocycles. The SMILES string of the molecule is CCCS(=O)(=O)Nc1ccccc1OCC. The molecule has 0 bridgehead atoms. The minimum atomic E-state index is -3.26. The van der Waals surface area contributed by atoms with Crippen LogP contribution in [0.4, 0.5) is 5.69 Å². The van der Waals surface area contributed by atoms with Crippen LogP contribution in [0, 0.1) is 0 Å². The molecule has 0 fully saturated rings. The summed E-state index contributed by atoms with van der Waals surface area (Å²) in [7, 11) is -3.26. The number of sulfonamides is 1. The van der Waals surface area contributed by atoms with Gasteiger partial charge in [0.15, 0.2) is 0 Å². The number of nitrogens with one attached hydrogen (secondary N) is 1. The van der Waals surface area contributed by atoms with Crippen molar-refractivity contribution in [3.05, 3.63) is 24.3 Å². The van der Waals surface area contributed by atoms with Gasteiger partial charge >= 0.3 is 0 Å². The maximum atomic E-state index is 11.6. The zero-order valence-electron chi connectivity index (χ0n) is 9.56. The molecule has 0 amide bonds. The molecule has 0 saturated heterocycles. The Hall–Kier alpha value is -1.23. The average molecular weight is 243 g/mol. The van der Waals surface area contributed by atoms with Crippen molar-refractivity contribution in [3.63, 3.8) is 0 Å². The summed E-state index contributed by atoms with van der Waals surface area (Å²) in [6.07, 6.45) is 0.589. The molecule has 0 aliphatic rings. The van der Waals surface area contributed by atoms with Crippen LogP contribution in [0.3, 0.4) is 0 Å². The second-order valence-corrected chi connectivity index (χ2v) is 5.19. The molecular formula is C11H17NO3S. The molecule has 0 spiro atoms. The van der Waals surface area contributed by atoms with Gasteiger partial charge in [0.2, 0.25) is 10.0 Å². The predicted molar refractivity (Wildman–Crippen MR) is 65.3 cm³/mol. The minimum absolute atomic E-state index is 0.119. The van der Waals surface area contributed by atoms with E-state index >= 15 is 0 Å². The van der Waals surface area contributed by atoms with E-state index in [0.717, 1.165) is 0 Å². The predicted octanol–water partition coefficient (Wildman–Crippen LogP) is 2.24. The Labute approximate surface area is 96.7 Å². The highest BCUT2D eigenvalue weighted by molar-refractivity contribution is 7.92. The molecule has 16 heavy (non-hydrogen) atoms. The van der Waals surface area contributed by atoms with Gasteiger partial charge in [-0.15, -0.1) is 0 Å². The van der Waals surface area contributed by atoms with Gasteiger partial charge in [0.1, 0.15) is 5.75 Å². The number of anilines is 1. The molecule has 0 aliphatic heterocycles. The molecule has 0 aromatic heterocycles. The van der Waals surface area contributed by atoms with Gasteiger partial charge in [0, 0.05) is 0 Å². The number of rotatable bonds is 6. The molecule has 1 aromatic rings. The smallest absolute Gasteiger partial charge is 0.232 e. The number of para-hydroxylation sites is 2. The van der Waals surface area contributed by atoms with Gasteiger partial charge in [-0.05, 0) is 25.5 Å². The normalized spacial score (nSPS) is 11.1. The van der Waals surface area contributed by atoms with Crippen molar-refractivity contribution in [2.75, 3.05) is 17.1 Å². The topological polar surface area (TPSA) is 55.4 Å². The molecule has 1 rings (SSSR count). The summed E-state index contributed by atoms with van der Waals surface area (Å²) < 4.78 is 31.0. The zero-order valence-corrected chi connectivity index (χ0v) is 10.4. The van der Waals surface area contributed by atoms with Crippen molar-refractivity contribution < 1.29 is 13.2 Å². The van der Waals surface area contributed by atoms with Gasteiger partial charge < -0.3 is 4.74 Å². The summed E-state index contributed by atoms with van der Waals surface area (Å²) in [6.45, 7) is 4.19. The summed E-state index contributed by atoms with van der Waals surface area (Å²) in [5, 5.41) is 0. The van der Waals surface area contributed by atoms with Crippen LogP contribution in [-0.2, 0) is 10.0 Å². The summed E-state index contributed by atoms with van der Waals surface area (Å²) >= 11 is 0. The Kier molecular flexibility index (Phi) is 4.61. The second kappa shape index (κ2) is 5.75. The molecule has 4 nitrogen and oxygen atoms in total. The molecule has 0 heterocycles. The van der Waals surface area contributed by atoms with Crippen molar-refractivity contribution >= 4 is 15.7 Å². The van der Waals surface area contributed by atoms with Crippen molar-refractivity contribution in [1.29, 1.82) is 0 Å². The Morgan fingerprint density at radius 3 is 2.56 bits per heavy atom. The number of hydrogen-bond acceptors (Lipinski definition) is 3. The molecule has 1 N–H and O–H groups in total. The van der Waals surface area contributed by atoms with Crippen molar-refractivity contribution in [1.82, 2.24) is 0 Å². The van der Waals surface area contributed by atoms with E-state index in [0.29, 0.717) is 24.5 Å². The number of hydrogen-bond donors (Lipinski definition) is 1. The van der Waals surface area contributed by atoms with Crippen LogP contribution in [0.1, 0.15) is 20.3 Å². The maximum Gasteiger partial charge on any atom is 0.232 e. The highest BCUT2D eigenvalue weighted by Gasteiger charge is 2.11. The Morgan fingerprint density at radius 2 is 1.94 bits per heavy atom. The van der Waals surface area contributed by atoms with E-state index in [9.17, 15) is 8.42 Å². The second-order valence-electron chi connectivity index (χ2n) is 3.35. The lowest BCUT2D eigenvalue weighted by Gasteiger charge is -2.11. The van der Waals surface area contributed by atoms with E-state index in [4.69, 9.17) is 4.74 Å². The van der Waals surface area contributed by atoms with Crippen molar-refractivity contribution in [2.24, 2.45) is 0 Å². The highest BCUT2D eigenvalue weighted by Crippen LogP contribution is 2.24. The third-order valence-electron chi connectivity index (χ3n) is 1.93. The molecule has 5 heteroatoms.